The topological polar surface area (TPSA) is 108 Å². The summed E-state index contributed by atoms with van der Waals surface area (Å²) < 4.78 is 37.7. The smallest absolute Gasteiger partial charge is 0.243 e. The number of sulfonamides is 1. The first kappa shape index (κ1) is 20.3. The van der Waals surface area contributed by atoms with Crippen molar-refractivity contribution >= 4 is 15.9 Å². The molecule has 0 radical (unpaired) electrons. The van der Waals surface area contributed by atoms with E-state index in [1.165, 1.54) is 4.31 Å². The fraction of sp³-hybridized carbons (Fsp3) is 0.474. The second kappa shape index (κ2) is 9.19. The van der Waals surface area contributed by atoms with Crippen LogP contribution in [0.25, 0.3) is 11.5 Å². The highest BCUT2D eigenvalue weighted by atomic mass is 32.2. The molecule has 1 aromatic heterocycles. The van der Waals surface area contributed by atoms with Crippen molar-refractivity contribution in [2.24, 2.45) is 0 Å². The van der Waals surface area contributed by atoms with Crippen molar-refractivity contribution < 1.29 is 17.6 Å². The van der Waals surface area contributed by atoms with Crippen LogP contribution in [-0.2, 0) is 14.8 Å². The van der Waals surface area contributed by atoms with Crippen LogP contribution >= 0.6 is 0 Å². The van der Waals surface area contributed by atoms with E-state index in [1.807, 2.05) is 6.07 Å². The van der Waals surface area contributed by atoms with Gasteiger partial charge in [-0.25, -0.2) is 8.42 Å². The summed E-state index contributed by atoms with van der Waals surface area (Å²) >= 11 is 0. The van der Waals surface area contributed by atoms with E-state index in [4.69, 9.17) is 9.15 Å². The van der Waals surface area contributed by atoms with Gasteiger partial charge in [-0.1, -0.05) is 6.42 Å². The number of nitrogens with one attached hydrogen (secondary N) is 1. The Morgan fingerprint density at radius 1 is 1.25 bits per heavy atom. The average molecular weight is 404 g/mol. The van der Waals surface area contributed by atoms with Gasteiger partial charge in [0.05, 0.1) is 4.90 Å². The number of aromatic nitrogens is 1. The third-order valence-electron chi connectivity index (χ3n) is 4.60. The van der Waals surface area contributed by atoms with E-state index < -0.39 is 10.0 Å². The summed E-state index contributed by atoms with van der Waals surface area (Å²) in [5, 5.41) is 12.3. The van der Waals surface area contributed by atoms with Gasteiger partial charge in [0.2, 0.25) is 27.5 Å². The predicted octanol–water partition coefficient (Wildman–Crippen LogP) is 2.84. The average Bonchev–Trinajstić information content (AvgIpc) is 3.15. The first-order valence-corrected chi connectivity index (χ1v) is 10.7. The number of anilines is 1. The number of ether oxygens (including phenoxy) is 1. The van der Waals surface area contributed by atoms with Crippen LogP contribution in [0.4, 0.5) is 5.88 Å². The van der Waals surface area contributed by atoms with Crippen LogP contribution in [0.15, 0.2) is 33.6 Å². The van der Waals surface area contributed by atoms with E-state index >= 15 is 0 Å². The first-order chi connectivity index (χ1) is 13.6. The number of oxazole rings is 1. The maximum atomic E-state index is 12.7. The van der Waals surface area contributed by atoms with Crippen molar-refractivity contribution in [1.82, 2.24) is 9.29 Å². The summed E-state index contributed by atoms with van der Waals surface area (Å²) in [5.74, 6) is 0.575. The molecule has 0 unspecified atom stereocenters. The fourth-order valence-corrected chi connectivity index (χ4v) is 4.60. The Kier molecular flexibility index (Phi) is 6.67. The molecule has 2 aromatic rings. The quantitative estimate of drug-likeness (QED) is 0.674. The Bertz CT molecular complexity index is 926. The third-order valence-corrected chi connectivity index (χ3v) is 6.51. The summed E-state index contributed by atoms with van der Waals surface area (Å²) in [5.41, 5.74) is 0.775. The van der Waals surface area contributed by atoms with Gasteiger partial charge < -0.3 is 14.5 Å². The van der Waals surface area contributed by atoms with E-state index in [0.29, 0.717) is 37.7 Å². The van der Waals surface area contributed by atoms with Crippen molar-refractivity contribution in [3.05, 3.63) is 30.0 Å². The number of hydrogen-bond donors (Lipinski definition) is 1. The number of hydrogen-bond acceptors (Lipinski definition) is 7. The first-order valence-electron chi connectivity index (χ1n) is 9.30. The SMILES string of the molecule is COCCCNc1oc(-c2ccc(S(=O)(=O)N3CCCCC3)cc2)nc1C#N. The minimum Gasteiger partial charge on any atom is -0.419 e. The molecule has 1 aliphatic heterocycles. The van der Waals surface area contributed by atoms with Crippen molar-refractivity contribution in [3.8, 4) is 17.5 Å². The normalized spacial score (nSPS) is 15.3. The van der Waals surface area contributed by atoms with Crippen molar-refractivity contribution in [1.29, 1.82) is 5.26 Å². The van der Waals surface area contributed by atoms with Crippen molar-refractivity contribution in [2.75, 3.05) is 38.7 Å². The standard InChI is InChI=1S/C19H24N4O4S/c1-26-13-5-10-21-19-17(14-20)22-18(27-19)15-6-8-16(9-7-15)28(24,25)23-11-3-2-4-12-23/h6-9,21H,2-5,10-13H2,1H3. The van der Waals surface area contributed by atoms with Gasteiger partial charge in [-0.15, -0.1) is 0 Å². The molecule has 2 heterocycles. The molecule has 1 saturated heterocycles. The van der Waals surface area contributed by atoms with Crippen molar-refractivity contribution in [3.63, 3.8) is 0 Å². The Morgan fingerprint density at radius 2 is 1.96 bits per heavy atom. The van der Waals surface area contributed by atoms with Crippen LogP contribution in [0.2, 0.25) is 0 Å². The number of benzene rings is 1. The lowest BCUT2D eigenvalue weighted by Crippen LogP contribution is -2.35. The molecule has 8 nitrogen and oxygen atoms in total. The molecular formula is C19H24N4O4S. The van der Waals surface area contributed by atoms with E-state index in [9.17, 15) is 13.7 Å². The van der Waals surface area contributed by atoms with Crippen LogP contribution in [0.5, 0.6) is 0 Å². The van der Waals surface area contributed by atoms with Gasteiger partial charge in [0, 0.05) is 38.9 Å². The fourth-order valence-electron chi connectivity index (χ4n) is 3.08. The van der Waals surface area contributed by atoms with Gasteiger partial charge in [0.1, 0.15) is 6.07 Å². The largest absolute Gasteiger partial charge is 0.419 e. The highest BCUT2D eigenvalue weighted by molar-refractivity contribution is 7.89. The highest BCUT2D eigenvalue weighted by Crippen LogP contribution is 2.27. The minimum atomic E-state index is -3.48. The molecule has 0 aliphatic carbocycles. The molecule has 1 N–H and O–H groups in total. The van der Waals surface area contributed by atoms with Gasteiger partial charge in [0.25, 0.3) is 0 Å². The Balaban J connectivity index is 1.76. The van der Waals surface area contributed by atoms with Crippen molar-refractivity contribution in [2.45, 2.75) is 30.6 Å². The van der Waals surface area contributed by atoms with E-state index in [1.54, 1.807) is 31.4 Å². The van der Waals surface area contributed by atoms with Gasteiger partial charge in [-0.3, -0.25) is 0 Å². The van der Waals surface area contributed by atoms with Gasteiger partial charge in [0.15, 0.2) is 0 Å². The van der Waals surface area contributed by atoms with Gasteiger partial charge in [-0.2, -0.15) is 14.6 Å². The van der Waals surface area contributed by atoms with Crippen LogP contribution in [0.3, 0.4) is 0 Å². The number of nitrogens with zero attached hydrogens (tertiary/aromatic N) is 3. The molecule has 28 heavy (non-hydrogen) atoms. The Labute approximate surface area is 165 Å². The molecule has 1 aliphatic rings. The molecular weight excluding hydrogens is 380 g/mol. The molecule has 0 amide bonds. The zero-order valence-corrected chi connectivity index (χ0v) is 16.7. The zero-order valence-electron chi connectivity index (χ0n) is 15.8. The summed E-state index contributed by atoms with van der Waals surface area (Å²) in [6.45, 7) is 2.31. The molecule has 1 fully saturated rings. The second-order valence-electron chi connectivity index (χ2n) is 6.57. The molecule has 0 bridgehead atoms. The summed E-state index contributed by atoms with van der Waals surface area (Å²) in [6.07, 6.45) is 3.62. The molecule has 3 rings (SSSR count). The zero-order chi connectivity index (χ0) is 20.0. The summed E-state index contributed by atoms with van der Waals surface area (Å²) in [6, 6.07) is 8.42. The molecule has 9 heteroatoms. The second-order valence-corrected chi connectivity index (χ2v) is 8.51. The molecule has 0 atom stereocenters. The summed E-state index contributed by atoms with van der Waals surface area (Å²) in [4.78, 5) is 4.45. The molecule has 0 spiro atoms. The third kappa shape index (κ3) is 4.52. The lowest BCUT2D eigenvalue weighted by atomic mass is 10.2. The Hall–Kier alpha value is -2.41. The predicted molar refractivity (Wildman–Crippen MR) is 104 cm³/mol. The molecule has 150 valence electrons. The number of piperidine rings is 1. The monoisotopic (exact) mass is 404 g/mol. The minimum absolute atomic E-state index is 0.164. The molecule has 1 aromatic carbocycles. The van der Waals surface area contributed by atoms with E-state index in [0.717, 1.165) is 25.7 Å². The number of methoxy groups -OCH3 is 1. The number of rotatable bonds is 8. The lowest BCUT2D eigenvalue weighted by Gasteiger charge is -2.25. The number of nitriles is 1. The van der Waals surface area contributed by atoms with E-state index in [-0.39, 0.29) is 16.5 Å². The maximum Gasteiger partial charge on any atom is 0.243 e. The van der Waals surface area contributed by atoms with Crippen LogP contribution in [0, 0.1) is 11.3 Å². The maximum absolute atomic E-state index is 12.7. The highest BCUT2D eigenvalue weighted by Gasteiger charge is 2.26. The van der Waals surface area contributed by atoms with Crippen LogP contribution in [0.1, 0.15) is 31.4 Å². The van der Waals surface area contributed by atoms with Crippen LogP contribution < -0.4 is 5.32 Å². The lowest BCUT2D eigenvalue weighted by molar-refractivity contribution is 0.197. The molecule has 0 saturated carbocycles. The van der Waals surface area contributed by atoms with Gasteiger partial charge in [-0.05, 0) is 43.5 Å². The Morgan fingerprint density at radius 3 is 2.61 bits per heavy atom. The summed E-state index contributed by atoms with van der Waals surface area (Å²) in [7, 11) is -1.85. The van der Waals surface area contributed by atoms with E-state index in [2.05, 4.69) is 10.3 Å². The van der Waals surface area contributed by atoms with Gasteiger partial charge >= 0.3 is 0 Å². The van der Waals surface area contributed by atoms with Crippen LogP contribution in [-0.4, -0.2) is 51.1 Å².